The Morgan fingerprint density at radius 2 is 2.40 bits per heavy atom. The maximum absolute atomic E-state index is 11.9. The van der Waals surface area contributed by atoms with Crippen LogP contribution in [0.3, 0.4) is 0 Å². The normalized spacial score (nSPS) is 25.4. The number of nitrogens with one attached hydrogen (secondary N) is 1. The Balaban J connectivity index is 2.73. The highest BCUT2D eigenvalue weighted by molar-refractivity contribution is 5.83. The number of aliphatic hydroxyl groups is 1. The fourth-order valence-electron chi connectivity index (χ4n) is 1.99. The van der Waals surface area contributed by atoms with Crippen molar-refractivity contribution < 1.29 is 9.90 Å². The smallest absolute Gasteiger partial charge is 0.240 e. The number of nitrogens with zero attached hydrogens (tertiary/aromatic N) is 1. The van der Waals surface area contributed by atoms with Crippen LogP contribution in [-0.4, -0.2) is 47.2 Å². The summed E-state index contributed by atoms with van der Waals surface area (Å²) in [6.07, 6.45) is 2.20. The van der Waals surface area contributed by atoms with Gasteiger partial charge < -0.3 is 10.0 Å². The summed E-state index contributed by atoms with van der Waals surface area (Å²) in [7, 11) is 0. The maximum Gasteiger partial charge on any atom is 0.240 e. The molecular weight excluding hydrogens is 192 g/mol. The van der Waals surface area contributed by atoms with Crippen LogP contribution >= 0.6 is 0 Å². The summed E-state index contributed by atoms with van der Waals surface area (Å²) in [4.78, 5) is 13.7. The number of hydrogen-bond acceptors (Lipinski definition) is 3. The van der Waals surface area contributed by atoms with Gasteiger partial charge in [0.1, 0.15) is 0 Å². The summed E-state index contributed by atoms with van der Waals surface area (Å²) >= 11 is 0. The molecule has 0 aromatic rings. The first kappa shape index (κ1) is 12.2. The van der Waals surface area contributed by atoms with E-state index in [1.165, 1.54) is 0 Å². The third-order valence-corrected chi connectivity index (χ3v) is 2.53. The summed E-state index contributed by atoms with van der Waals surface area (Å²) in [5.74, 6) is 0.0586. The lowest BCUT2D eigenvalue weighted by Crippen LogP contribution is -2.64. The summed E-state index contributed by atoms with van der Waals surface area (Å²) in [5.41, 5.74) is -0.100. The quantitative estimate of drug-likeness (QED) is 0.651. The van der Waals surface area contributed by atoms with E-state index in [4.69, 9.17) is 5.11 Å². The first-order valence-electron chi connectivity index (χ1n) is 5.28. The van der Waals surface area contributed by atoms with Gasteiger partial charge in [0, 0.05) is 25.2 Å². The van der Waals surface area contributed by atoms with Gasteiger partial charge in [-0.3, -0.25) is 10.1 Å². The first-order chi connectivity index (χ1) is 7.00. The van der Waals surface area contributed by atoms with Crippen molar-refractivity contribution in [2.45, 2.75) is 31.8 Å². The molecule has 1 aliphatic rings. The van der Waals surface area contributed by atoms with Gasteiger partial charge in [-0.15, -0.1) is 6.58 Å². The van der Waals surface area contributed by atoms with Crippen LogP contribution in [0.25, 0.3) is 0 Å². The van der Waals surface area contributed by atoms with E-state index < -0.39 is 0 Å². The summed E-state index contributed by atoms with van der Waals surface area (Å²) in [5, 5.41) is 12.1. The van der Waals surface area contributed by atoms with E-state index >= 15 is 0 Å². The SMILES string of the molecule is C=CCN1CC(C)(C)NC(CCO)C1=O. The van der Waals surface area contributed by atoms with Crippen molar-refractivity contribution in [3.05, 3.63) is 12.7 Å². The van der Waals surface area contributed by atoms with Gasteiger partial charge in [0.25, 0.3) is 0 Å². The van der Waals surface area contributed by atoms with Gasteiger partial charge >= 0.3 is 0 Å². The second-order valence-corrected chi connectivity index (χ2v) is 4.60. The molecule has 1 heterocycles. The average Bonchev–Trinajstić information content (AvgIpc) is 2.13. The third kappa shape index (κ3) is 3.04. The van der Waals surface area contributed by atoms with E-state index in [1.807, 2.05) is 0 Å². The van der Waals surface area contributed by atoms with Crippen LogP contribution in [0.4, 0.5) is 0 Å². The fraction of sp³-hybridized carbons (Fsp3) is 0.727. The van der Waals surface area contributed by atoms with Crippen molar-refractivity contribution in [3.8, 4) is 0 Å². The number of amides is 1. The molecule has 4 heteroatoms. The van der Waals surface area contributed by atoms with Crippen LogP contribution in [-0.2, 0) is 4.79 Å². The molecule has 1 rings (SSSR count). The van der Waals surface area contributed by atoms with Crippen molar-refractivity contribution in [2.24, 2.45) is 0 Å². The van der Waals surface area contributed by atoms with E-state index in [1.54, 1.807) is 11.0 Å². The number of rotatable bonds is 4. The van der Waals surface area contributed by atoms with Crippen LogP contribution in [0.15, 0.2) is 12.7 Å². The number of carbonyl (C=O) groups excluding carboxylic acids is 1. The van der Waals surface area contributed by atoms with Gasteiger partial charge in [-0.1, -0.05) is 6.08 Å². The lowest BCUT2D eigenvalue weighted by molar-refractivity contribution is -0.138. The molecule has 0 aromatic carbocycles. The number of hydrogen-bond donors (Lipinski definition) is 2. The standard InChI is InChI=1S/C11H20N2O2/c1-4-6-13-8-11(2,3)12-9(5-7-14)10(13)15/h4,9,12,14H,1,5-8H2,2-3H3. The minimum Gasteiger partial charge on any atom is -0.396 e. The molecule has 1 unspecified atom stereocenters. The van der Waals surface area contributed by atoms with Gasteiger partial charge in [-0.25, -0.2) is 0 Å². The Kier molecular flexibility index (Phi) is 3.88. The monoisotopic (exact) mass is 212 g/mol. The summed E-state index contributed by atoms with van der Waals surface area (Å²) in [6.45, 7) is 9.04. The molecule has 0 radical (unpaired) electrons. The predicted molar refractivity (Wildman–Crippen MR) is 59.5 cm³/mol. The lowest BCUT2D eigenvalue weighted by atomic mass is 9.96. The van der Waals surface area contributed by atoms with Crippen LogP contribution in [0.1, 0.15) is 20.3 Å². The molecule has 1 fully saturated rings. The van der Waals surface area contributed by atoms with Crippen LogP contribution in [0.2, 0.25) is 0 Å². The molecule has 4 nitrogen and oxygen atoms in total. The largest absolute Gasteiger partial charge is 0.396 e. The number of aliphatic hydroxyl groups excluding tert-OH is 1. The van der Waals surface area contributed by atoms with E-state index in [0.29, 0.717) is 19.5 Å². The third-order valence-electron chi connectivity index (χ3n) is 2.53. The zero-order valence-electron chi connectivity index (χ0n) is 9.49. The highest BCUT2D eigenvalue weighted by Crippen LogP contribution is 2.16. The van der Waals surface area contributed by atoms with Crippen molar-refractivity contribution in [1.82, 2.24) is 10.2 Å². The molecule has 0 saturated carbocycles. The average molecular weight is 212 g/mol. The molecule has 0 spiro atoms. The van der Waals surface area contributed by atoms with Gasteiger partial charge in [-0.05, 0) is 20.3 Å². The molecule has 0 aromatic heterocycles. The molecule has 0 bridgehead atoms. The second kappa shape index (κ2) is 4.77. The molecule has 1 atom stereocenters. The second-order valence-electron chi connectivity index (χ2n) is 4.60. The van der Waals surface area contributed by atoms with E-state index in [-0.39, 0.29) is 24.1 Å². The highest BCUT2D eigenvalue weighted by atomic mass is 16.3. The number of piperazine rings is 1. The van der Waals surface area contributed by atoms with Crippen LogP contribution in [0, 0.1) is 0 Å². The van der Waals surface area contributed by atoms with Gasteiger partial charge in [-0.2, -0.15) is 0 Å². The molecule has 0 aliphatic carbocycles. The van der Waals surface area contributed by atoms with Crippen LogP contribution < -0.4 is 5.32 Å². The Bertz CT molecular complexity index is 251. The lowest BCUT2D eigenvalue weighted by Gasteiger charge is -2.42. The zero-order valence-corrected chi connectivity index (χ0v) is 9.49. The molecule has 15 heavy (non-hydrogen) atoms. The molecular formula is C11H20N2O2. The Hall–Kier alpha value is -0.870. The van der Waals surface area contributed by atoms with Crippen molar-refractivity contribution in [3.63, 3.8) is 0 Å². The van der Waals surface area contributed by atoms with Crippen LogP contribution in [0.5, 0.6) is 0 Å². The Morgan fingerprint density at radius 1 is 1.73 bits per heavy atom. The summed E-state index contributed by atoms with van der Waals surface area (Å²) in [6, 6.07) is -0.265. The Labute approximate surface area is 91.0 Å². The minimum atomic E-state index is -0.265. The minimum absolute atomic E-state index is 0.0292. The molecule has 1 aliphatic heterocycles. The van der Waals surface area contributed by atoms with Gasteiger partial charge in [0.2, 0.25) is 5.91 Å². The van der Waals surface area contributed by atoms with Crippen molar-refractivity contribution >= 4 is 5.91 Å². The first-order valence-corrected chi connectivity index (χ1v) is 5.28. The highest BCUT2D eigenvalue weighted by Gasteiger charge is 2.36. The number of carbonyl (C=O) groups is 1. The molecule has 1 amide bonds. The van der Waals surface area contributed by atoms with E-state index in [9.17, 15) is 4.79 Å². The topological polar surface area (TPSA) is 52.6 Å². The molecule has 1 saturated heterocycles. The van der Waals surface area contributed by atoms with Crippen molar-refractivity contribution in [2.75, 3.05) is 19.7 Å². The van der Waals surface area contributed by atoms with Gasteiger partial charge in [0.05, 0.1) is 6.04 Å². The summed E-state index contributed by atoms with van der Waals surface area (Å²) < 4.78 is 0. The Morgan fingerprint density at radius 3 is 2.93 bits per heavy atom. The van der Waals surface area contributed by atoms with E-state index in [2.05, 4.69) is 25.7 Å². The van der Waals surface area contributed by atoms with Gasteiger partial charge in [0.15, 0.2) is 0 Å². The molecule has 86 valence electrons. The molecule has 2 N–H and O–H groups in total. The van der Waals surface area contributed by atoms with E-state index in [0.717, 1.165) is 0 Å². The predicted octanol–water partition coefficient (Wildman–Crippen LogP) is 0.134. The van der Waals surface area contributed by atoms with Crippen molar-refractivity contribution in [1.29, 1.82) is 0 Å². The zero-order chi connectivity index (χ0) is 11.5. The fourth-order valence-corrected chi connectivity index (χ4v) is 1.99. The maximum atomic E-state index is 11.9.